The van der Waals surface area contributed by atoms with Crippen molar-refractivity contribution in [3.05, 3.63) is 116 Å². The first kappa shape index (κ1) is 29.7. The maximum absolute atomic E-state index is 13.5. The number of aromatic nitrogens is 1. The monoisotopic (exact) mass is 636 g/mol. The molecule has 0 radical (unpaired) electrons. The molecule has 0 saturated carbocycles. The van der Waals surface area contributed by atoms with Crippen molar-refractivity contribution in [3.8, 4) is 0 Å². The maximum atomic E-state index is 13.5. The number of rotatable bonds is 7. The molecular formula is C33H31Cl3N4O3. The highest BCUT2D eigenvalue weighted by Crippen LogP contribution is 2.48. The fourth-order valence-electron chi connectivity index (χ4n) is 6.65. The number of methoxy groups -OCH3 is 1. The Morgan fingerprint density at radius 1 is 1.02 bits per heavy atom. The van der Waals surface area contributed by atoms with Gasteiger partial charge < -0.3 is 10.1 Å². The number of esters is 1. The molecule has 2 aromatic carbocycles. The number of urea groups is 1. The number of hydrogen-bond donors (Lipinski definition) is 1. The summed E-state index contributed by atoms with van der Waals surface area (Å²) in [5.41, 5.74) is 5.45. The average Bonchev–Trinajstić information content (AvgIpc) is 3.39. The van der Waals surface area contributed by atoms with E-state index in [4.69, 9.17) is 39.5 Å². The second-order valence-corrected chi connectivity index (χ2v) is 12.4. The van der Waals surface area contributed by atoms with E-state index in [-0.39, 0.29) is 29.8 Å². The Balaban J connectivity index is 1.46. The van der Waals surface area contributed by atoms with Crippen LogP contribution in [0.3, 0.4) is 0 Å². The Morgan fingerprint density at radius 2 is 1.79 bits per heavy atom. The van der Waals surface area contributed by atoms with Crippen molar-refractivity contribution < 1.29 is 14.3 Å². The molecule has 3 aliphatic rings. The molecule has 1 saturated heterocycles. The molecule has 10 heteroatoms. The van der Waals surface area contributed by atoms with Gasteiger partial charge >= 0.3 is 12.0 Å². The molecule has 0 bridgehead atoms. The highest BCUT2D eigenvalue weighted by molar-refractivity contribution is 6.40. The van der Waals surface area contributed by atoms with Gasteiger partial charge in [-0.2, -0.15) is 0 Å². The summed E-state index contributed by atoms with van der Waals surface area (Å²) < 4.78 is 5.10. The predicted molar refractivity (Wildman–Crippen MR) is 169 cm³/mol. The summed E-state index contributed by atoms with van der Waals surface area (Å²) in [6, 6.07) is 16.7. The van der Waals surface area contributed by atoms with Crippen LogP contribution in [-0.4, -0.2) is 48.6 Å². The zero-order valence-corrected chi connectivity index (χ0v) is 25.9. The lowest BCUT2D eigenvalue weighted by Gasteiger charge is -2.40. The number of allylic oxidation sites excluding steroid dienone is 1. The third kappa shape index (κ3) is 6.04. The second-order valence-electron chi connectivity index (χ2n) is 11.2. The molecule has 3 atom stereocenters. The van der Waals surface area contributed by atoms with Crippen LogP contribution in [0.5, 0.6) is 0 Å². The van der Waals surface area contributed by atoms with E-state index in [2.05, 4.69) is 27.3 Å². The Labute approximate surface area is 266 Å². The van der Waals surface area contributed by atoms with Crippen molar-refractivity contribution in [3.63, 3.8) is 0 Å². The van der Waals surface area contributed by atoms with E-state index < -0.39 is 0 Å². The van der Waals surface area contributed by atoms with E-state index in [0.717, 1.165) is 47.6 Å². The van der Waals surface area contributed by atoms with Gasteiger partial charge in [0.05, 0.1) is 35.0 Å². The van der Waals surface area contributed by atoms with Gasteiger partial charge in [0.25, 0.3) is 0 Å². The van der Waals surface area contributed by atoms with Gasteiger partial charge in [-0.15, -0.1) is 0 Å². The third-order valence-electron chi connectivity index (χ3n) is 8.61. The van der Waals surface area contributed by atoms with Crippen LogP contribution in [0.1, 0.15) is 29.9 Å². The molecule has 3 aromatic rings. The van der Waals surface area contributed by atoms with Gasteiger partial charge in [0, 0.05) is 49.5 Å². The first-order chi connectivity index (χ1) is 20.8. The summed E-state index contributed by atoms with van der Waals surface area (Å²) in [5.74, 6) is -0.263. The van der Waals surface area contributed by atoms with Gasteiger partial charge in [-0.3, -0.25) is 19.6 Å². The Hall–Kier alpha value is -3.36. The van der Waals surface area contributed by atoms with E-state index in [0.29, 0.717) is 40.1 Å². The quantitative estimate of drug-likeness (QED) is 0.276. The number of nitrogens with one attached hydrogen (secondary N) is 1. The lowest BCUT2D eigenvalue weighted by Crippen LogP contribution is -2.47. The molecule has 43 heavy (non-hydrogen) atoms. The fourth-order valence-corrected chi connectivity index (χ4v) is 7.48. The number of anilines is 1. The number of halogens is 3. The molecule has 1 aliphatic carbocycles. The van der Waals surface area contributed by atoms with Crippen LogP contribution in [0.4, 0.5) is 10.5 Å². The van der Waals surface area contributed by atoms with Crippen molar-refractivity contribution in [2.24, 2.45) is 11.8 Å². The van der Waals surface area contributed by atoms with Crippen LogP contribution >= 0.6 is 34.8 Å². The van der Waals surface area contributed by atoms with Crippen LogP contribution in [0.25, 0.3) is 0 Å². The highest BCUT2D eigenvalue weighted by Gasteiger charge is 2.42. The summed E-state index contributed by atoms with van der Waals surface area (Å²) in [6.07, 6.45) is 6.75. The number of nitrogens with zero attached hydrogens (tertiary/aromatic N) is 3. The molecule has 2 aliphatic heterocycles. The first-order valence-electron chi connectivity index (χ1n) is 14.2. The molecular weight excluding hydrogens is 607 g/mol. The molecule has 6 rings (SSSR count). The number of likely N-dealkylation sites (tertiary alicyclic amines) is 1. The number of hydrogen-bond acceptors (Lipinski definition) is 5. The largest absolute Gasteiger partial charge is 0.469 e. The number of carbonyl (C=O) groups is 2. The van der Waals surface area contributed by atoms with Gasteiger partial charge in [-0.25, -0.2) is 4.79 Å². The summed E-state index contributed by atoms with van der Waals surface area (Å²) in [6.45, 7) is 2.57. The van der Waals surface area contributed by atoms with Crippen molar-refractivity contribution in [1.82, 2.24) is 15.2 Å². The van der Waals surface area contributed by atoms with Crippen molar-refractivity contribution in [2.45, 2.75) is 25.3 Å². The van der Waals surface area contributed by atoms with Crippen molar-refractivity contribution >= 4 is 52.5 Å². The maximum Gasteiger partial charge on any atom is 0.326 e. The molecule has 1 aromatic heterocycles. The van der Waals surface area contributed by atoms with E-state index in [9.17, 15) is 9.59 Å². The molecule has 2 amide bonds. The smallest absolute Gasteiger partial charge is 0.326 e. The first-order valence-corrected chi connectivity index (χ1v) is 15.4. The van der Waals surface area contributed by atoms with Gasteiger partial charge in [-0.1, -0.05) is 70.7 Å². The molecule has 7 nitrogen and oxygen atoms in total. The van der Waals surface area contributed by atoms with E-state index in [1.807, 2.05) is 36.5 Å². The van der Waals surface area contributed by atoms with Crippen LogP contribution in [0.15, 0.2) is 89.9 Å². The van der Waals surface area contributed by atoms with Crippen LogP contribution < -0.4 is 10.2 Å². The minimum Gasteiger partial charge on any atom is -0.469 e. The minimum atomic E-state index is -0.306. The Bertz CT molecular complexity index is 1590. The topological polar surface area (TPSA) is 74.8 Å². The van der Waals surface area contributed by atoms with Gasteiger partial charge in [0.2, 0.25) is 0 Å². The fraction of sp³-hybridized carbons (Fsp3) is 0.303. The summed E-state index contributed by atoms with van der Waals surface area (Å²) in [5, 5.41) is 4.44. The van der Waals surface area contributed by atoms with Crippen LogP contribution in [0, 0.1) is 11.8 Å². The number of pyridine rings is 1. The van der Waals surface area contributed by atoms with Crippen LogP contribution in [0.2, 0.25) is 15.1 Å². The Kier molecular flexibility index (Phi) is 8.78. The number of ether oxygens (including phenoxy) is 1. The van der Waals surface area contributed by atoms with Crippen molar-refractivity contribution in [1.29, 1.82) is 0 Å². The highest BCUT2D eigenvalue weighted by atomic mass is 35.5. The normalized spacial score (nSPS) is 22.2. The molecule has 1 fully saturated rings. The minimum absolute atomic E-state index is 0.0270. The van der Waals surface area contributed by atoms with E-state index >= 15 is 0 Å². The molecule has 1 N–H and O–H groups in total. The molecule has 222 valence electrons. The zero-order valence-electron chi connectivity index (χ0n) is 23.6. The summed E-state index contributed by atoms with van der Waals surface area (Å²) in [7, 11) is 1.43. The van der Waals surface area contributed by atoms with Gasteiger partial charge in [0.1, 0.15) is 0 Å². The molecule has 0 spiro atoms. The van der Waals surface area contributed by atoms with Crippen LogP contribution in [-0.2, 0) is 16.1 Å². The molecule has 3 heterocycles. The lowest BCUT2D eigenvalue weighted by molar-refractivity contribution is -0.141. The molecule has 3 unspecified atom stereocenters. The van der Waals surface area contributed by atoms with E-state index in [1.54, 1.807) is 29.3 Å². The number of para-hydroxylation sites is 1. The lowest BCUT2D eigenvalue weighted by atomic mass is 9.74. The third-order valence-corrected chi connectivity index (χ3v) is 9.56. The number of benzene rings is 2. The second kappa shape index (κ2) is 12.7. The SMILES string of the molecule is COC(=O)CC1CN(Cc2cccnc2)CC1C1=CC2=C(CNC(=O)N2c2c(Cl)cccc2Cl)C(c2ccccc2Cl)C1. The average molecular weight is 638 g/mol. The standard InChI is InChI=1S/C33H31Cl3N4O3/c1-43-31(41)14-22-18-39(17-20-6-5-11-37-15-20)19-26(22)21-12-24(23-7-2-3-8-27(23)34)25-16-38-33(42)40(30(25)13-21)32-28(35)9-4-10-29(32)36/h2-11,13,15,22,24,26H,12,14,16-19H2,1H3,(H,38,42). The number of carbonyl (C=O) groups excluding carboxylic acids is 2. The summed E-state index contributed by atoms with van der Waals surface area (Å²) >= 11 is 20.1. The predicted octanol–water partition coefficient (Wildman–Crippen LogP) is 7.25. The Morgan fingerprint density at radius 3 is 2.51 bits per heavy atom. The zero-order chi connectivity index (χ0) is 30.1. The van der Waals surface area contributed by atoms with Gasteiger partial charge in [-0.05, 0) is 65.3 Å². The van der Waals surface area contributed by atoms with E-state index in [1.165, 1.54) is 7.11 Å². The summed E-state index contributed by atoms with van der Waals surface area (Å²) in [4.78, 5) is 34.3. The van der Waals surface area contributed by atoms with Gasteiger partial charge in [0.15, 0.2) is 0 Å². The number of amides is 2. The van der Waals surface area contributed by atoms with Crippen molar-refractivity contribution in [2.75, 3.05) is 31.6 Å².